The molecule has 14 aromatic rings. The molecule has 0 radical (unpaired) electrons. The van der Waals surface area contributed by atoms with Gasteiger partial charge in [-0.3, -0.25) is 0 Å². The summed E-state index contributed by atoms with van der Waals surface area (Å²) in [7, 11) is 0. The molecule has 0 saturated carbocycles. The van der Waals surface area contributed by atoms with Crippen molar-refractivity contribution in [2.45, 2.75) is 5.41 Å². The predicted octanol–water partition coefficient (Wildman–Crippen LogP) is 19.9. The standard InChI is InChI=1S/C71H45NOS/c1-3-16-51(17-4-1)71(52-18-5-2-6-19-52)64-26-11-9-22-62(64)68-56(23-14-27-65(68)71)48-31-39-54(40-32-48)72(53-37-29-46(30-38-53)50-36-44-67-63(45-50)59-21-10-12-28-66(59)73-67)55-41-33-49(34-42-55)58-24-13-25-60-61-43-35-47-15-7-8-20-57(47)70(61)74-69(58)60/h1-45H. The Labute approximate surface area is 433 Å². The molecule has 15 rings (SSSR count). The molecule has 2 heterocycles. The van der Waals surface area contributed by atoms with Gasteiger partial charge in [0.25, 0.3) is 0 Å². The quantitative estimate of drug-likeness (QED) is 0.151. The van der Waals surface area contributed by atoms with Crippen molar-refractivity contribution in [1.82, 2.24) is 0 Å². The van der Waals surface area contributed by atoms with E-state index >= 15 is 0 Å². The zero-order valence-corrected chi connectivity index (χ0v) is 41.1. The monoisotopic (exact) mass is 959 g/mol. The van der Waals surface area contributed by atoms with Gasteiger partial charge in [0, 0.05) is 48.0 Å². The largest absolute Gasteiger partial charge is 0.456 e. The Kier molecular flexibility index (Phi) is 9.70. The van der Waals surface area contributed by atoms with Gasteiger partial charge in [-0.1, -0.05) is 218 Å². The van der Waals surface area contributed by atoms with Crippen molar-refractivity contribution < 1.29 is 4.42 Å². The fourth-order valence-corrected chi connectivity index (χ4v) is 13.6. The van der Waals surface area contributed by atoms with E-state index in [1.165, 1.54) is 86.6 Å². The fourth-order valence-electron chi connectivity index (χ4n) is 12.2. The van der Waals surface area contributed by atoms with E-state index in [0.717, 1.165) is 50.1 Å². The summed E-state index contributed by atoms with van der Waals surface area (Å²) < 4.78 is 8.85. The van der Waals surface area contributed by atoms with E-state index < -0.39 is 5.41 Å². The average Bonchev–Trinajstić information content (AvgIpc) is 4.15. The van der Waals surface area contributed by atoms with Crippen molar-refractivity contribution in [1.29, 1.82) is 0 Å². The van der Waals surface area contributed by atoms with Crippen molar-refractivity contribution in [3.05, 3.63) is 295 Å². The first-order valence-corrected chi connectivity index (χ1v) is 26.2. The molecule has 0 unspecified atom stereocenters. The van der Waals surface area contributed by atoms with Crippen molar-refractivity contribution >= 4 is 81.3 Å². The van der Waals surface area contributed by atoms with Crippen LogP contribution in [-0.4, -0.2) is 0 Å². The summed E-state index contributed by atoms with van der Waals surface area (Å²) >= 11 is 1.90. The topological polar surface area (TPSA) is 16.4 Å². The van der Waals surface area contributed by atoms with E-state index in [-0.39, 0.29) is 0 Å². The number of fused-ring (bicyclic) bond motifs is 11. The van der Waals surface area contributed by atoms with E-state index in [1.807, 2.05) is 23.5 Å². The minimum Gasteiger partial charge on any atom is -0.456 e. The summed E-state index contributed by atoms with van der Waals surface area (Å²) in [4.78, 5) is 2.39. The van der Waals surface area contributed by atoms with Crippen LogP contribution in [0.3, 0.4) is 0 Å². The Bertz CT molecular complexity index is 4420. The Hall–Kier alpha value is -9.28. The second-order valence-corrected chi connectivity index (χ2v) is 20.5. The van der Waals surface area contributed by atoms with Crippen molar-refractivity contribution in [2.24, 2.45) is 0 Å². The normalized spacial score (nSPS) is 12.7. The third kappa shape index (κ3) is 6.50. The second-order valence-electron chi connectivity index (χ2n) is 19.5. The minimum absolute atomic E-state index is 0.464. The molecule has 1 aliphatic rings. The summed E-state index contributed by atoms with van der Waals surface area (Å²) in [5.41, 5.74) is 19.4. The Morgan fingerprint density at radius 2 is 0.824 bits per heavy atom. The van der Waals surface area contributed by atoms with E-state index in [2.05, 4.69) is 266 Å². The van der Waals surface area contributed by atoms with E-state index in [4.69, 9.17) is 4.42 Å². The third-order valence-corrected chi connectivity index (χ3v) is 16.9. The summed E-state index contributed by atoms with van der Waals surface area (Å²) in [5, 5.41) is 7.46. The van der Waals surface area contributed by atoms with Crippen LogP contribution in [0.1, 0.15) is 22.3 Å². The van der Waals surface area contributed by atoms with E-state index in [0.29, 0.717) is 0 Å². The van der Waals surface area contributed by atoms with Gasteiger partial charge in [-0.2, -0.15) is 0 Å². The molecule has 0 aliphatic heterocycles. The molecule has 0 N–H and O–H groups in total. The second kappa shape index (κ2) is 16.9. The smallest absolute Gasteiger partial charge is 0.135 e. The van der Waals surface area contributed by atoms with Gasteiger partial charge < -0.3 is 9.32 Å². The number of thiophene rings is 1. The highest BCUT2D eigenvalue weighted by Crippen LogP contribution is 2.58. The molecule has 12 aromatic carbocycles. The molecular weight excluding hydrogens is 915 g/mol. The average molecular weight is 960 g/mol. The molecule has 0 saturated heterocycles. The molecule has 3 heteroatoms. The van der Waals surface area contributed by atoms with Gasteiger partial charge in [0.1, 0.15) is 11.2 Å². The van der Waals surface area contributed by atoms with E-state index in [1.54, 1.807) is 0 Å². The molecule has 2 aromatic heterocycles. The molecule has 0 spiro atoms. The molecule has 0 bridgehead atoms. The lowest BCUT2D eigenvalue weighted by Crippen LogP contribution is -2.28. The fraction of sp³-hybridized carbons (Fsp3) is 0.0141. The van der Waals surface area contributed by atoms with Crippen LogP contribution in [-0.2, 0) is 5.41 Å². The SMILES string of the molecule is c1ccc(C2(c3ccccc3)c3ccccc3-c3c(-c4ccc(N(c5ccc(-c6ccc7oc8ccccc8c7c6)cc5)c5ccc(-c6cccc7c6sc6c8ccccc8ccc76)cc5)cc4)cccc32)cc1. The van der Waals surface area contributed by atoms with Gasteiger partial charge in [0.2, 0.25) is 0 Å². The zero-order valence-electron chi connectivity index (χ0n) is 40.2. The third-order valence-electron chi connectivity index (χ3n) is 15.6. The van der Waals surface area contributed by atoms with Gasteiger partial charge in [-0.25, -0.2) is 0 Å². The highest BCUT2D eigenvalue weighted by Gasteiger charge is 2.46. The van der Waals surface area contributed by atoms with Crippen LogP contribution in [0.25, 0.3) is 97.4 Å². The summed E-state index contributed by atoms with van der Waals surface area (Å²) in [6.45, 7) is 0. The number of furan rings is 1. The molecular formula is C71H45NOS. The predicted molar refractivity (Wildman–Crippen MR) is 312 cm³/mol. The van der Waals surface area contributed by atoms with Gasteiger partial charge in [-0.15, -0.1) is 11.3 Å². The maximum atomic E-state index is 6.19. The maximum absolute atomic E-state index is 6.19. The molecule has 346 valence electrons. The zero-order chi connectivity index (χ0) is 48.7. The summed E-state index contributed by atoms with van der Waals surface area (Å²) in [6.07, 6.45) is 0. The number of hydrogen-bond acceptors (Lipinski definition) is 3. The molecule has 0 amide bonds. The molecule has 2 nitrogen and oxygen atoms in total. The van der Waals surface area contributed by atoms with Crippen LogP contribution in [0.5, 0.6) is 0 Å². The minimum atomic E-state index is -0.464. The van der Waals surface area contributed by atoms with Crippen LogP contribution >= 0.6 is 11.3 Å². The van der Waals surface area contributed by atoms with Gasteiger partial charge >= 0.3 is 0 Å². The first kappa shape index (κ1) is 42.4. The van der Waals surface area contributed by atoms with Crippen LogP contribution < -0.4 is 4.90 Å². The highest BCUT2D eigenvalue weighted by atomic mass is 32.1. The number of hydrogen-bond donors (Lipinski definition) is 0. The molecule has 0 fully saturated rings. The lowest BCUT2D eigenvalue weighted by atomic mass is 9.67. The van der Waals surface area contributed by atoms with Crippen LogP contribution in [0.2, 0.25) is 0 Å². The molecule has 74 heavy (non-hydrogen) atoms. The highest BCUT2D eigenvalue weighted by molar-refractivity contribution is 7.27. The number of para-hydroxylation sites is 1. The van der Waals surface area contributed by atoms with Gasteiger partial charge in [0.05, 0.1) is 5.41 Å². The number of benzene rings is 12. The Morgan fingerprint density at radius 1 is 0.311 bits per heavy atom. The van der Waals surface area contributed by atoms with Gasteiger partial charge in [-0.05, 0) is 132 Å². The summed E-state index contributed by atoms with van der Waals surface area (Å²) in [6, 6.07) is 100. The van der Waals surface area contributed by atoms with Crippen molar-refractivity contribution in [2.75, 3.05) is 4.90 Å². The van der Waals surface area contributed by atoms with Crippen LogP contribution in [0.4, 0.5) is 17.1 Å². The number of nitrogens with zero attached hydrogens (tertiary/aromatic N) is 1. The molecule has 0 atom stereocenters. The lowest BCUT2D eigenvalue weighted by Gasteiger charge is -2.34. The Balaban J connectivity index is 0.847. The first-order chi connectivity index (χ1) is 36.7. The number of rotatable bonds is 8. The van der Waals surface area contributed by atoms with Crippen LogP contribution in [0.15, 0.2) is 277 Å². The summed E-state index contributed by atoms with van der Waals surface area (Å²) in [5.74, 6) is 0. The van der Waals surface area contributed by atoms with Crippen LogP contribution in [0, 0.1) is 0 Å². The van der Waals surface area contributed by atoms with Crippen molar-refractivity contribution in [3.8, 4) is 44.5 Å². The maximum Gasteiger partial charge on any atom is 0.135 e. The molecule has 1 aliphatic carbocycles. The number of anilines is 3. The Morgan fingerprint density at radius 3 is 1.55 bits per heavy atom. The van der Waals surface area contributed by atoms with Gasteiger partial charge in [0.15, 0.2) is 0 Å². The lowest BCUT2D eigenvalue weighted by molar-refractivity contribution is 0.669. The van der Waals surface area contributed by atoms with E-state index in [9.17, 15) is 0 Å². The van der Waals surface area contributed by atoms with Crippen molar-refractivity contribution in [3.63, 3.8) is 0 Å². The first-order valence-electron chi connectivity index (χ1n) is 25.4.